The van der Waals surface area contributed by atoms with Crippen LogP contribution >= 0.6 is 0 Å². The average molecular weight is 458 g/mol. The second-order valence-corrected chi connectivity index (χ2v) is 8.51. The van der Waals surface area contributed by atoms with Crippen molar-refractivity contribution in [1.29, 1.82) is 0 Å². The lowest BCUT2D eigenvalue weighted by Crippen LogP contribution is -2.51. The second-order valence-electron chi connectivity index (χ2n) is 8.51. The Hall–Kier alpha value is -4.00. The van der Waals surface area contributed by atoms with Crippen molar-refractivity contribution in [2.45, 2.75) is 38.0 Å². The molecule has 7 heteroatoms. The molecule has 0 bridgehead atoms. The van der Waals surface area contributed by atoms with E-state index in [0.717, 1.165) is 16.3 Å². The molecule has 0 spiro atoms. The summed E-state index contributed by atoms with van der Waals surface area (Å²) in [5.74, 6) is -0.967. The number of fused-ring (bicyclic) bond motifs is 1. The van der Waals surface area contributed by atoms with Gasteiger partial charge in [-0.2, -0.15) is 0 Å². The SMILES string of the molecule is CCC1(c2ccc(NC(=O)CCNC(=O)c3ccc4ccccc4c3)cc2)CCC(=O)NC1=O. The first-order valence-corrected chi connectivity index (χ1v) is 11.4. The standard InChI is InChI=1S/C27H27N3O4/c1-2-27(15-13-23(31)30-26(27)34)21-9-11-22(12-10-21)29-24(32)14-16-28-25(33)20-8-7-18-5-3-4-6-19(18)17-20/h3-12,17H,2,13-16H2,1H3,(H,28,33)(H,29,32)(H,30,31,34). The molecule has 1 unspecified atom stereocenters. The van der Waals surface area contributed by atoms with E-state index in [1.165, 1.54) is 0 Å². The summed E-state index contributed by atoms with van der Waals surface area (Å²) in [6.45, 7) is 2.14. The molecule has 1 saturated heterocycles. The molecule has 34 heavy (non-hydrogen) atoms. The van der Waals surface area contributed by atoms with Gasteiger partial charge in [-0.15, -0.1) is 0 Å². The molecule has 7 nitrogen and oxygen atoms in total. The Morgan fingerprint density at radius 2 is 1.71 bits per heavy atom. The van der Waals surface area contributed by atoms with Gasteiger partial charge in [0.1, 0.15) is 0 Å². The highest BCUT2D eigenvalue weighted by Crippen LogP contribution is 2.36. The molecule has 0 aliphatic carbocycles. The van der Waals surface area contributed by atoms with Gasteiger partial charge < -0.3 is 10.6 Å². The zero-order valence-electron chi connectivity index (χ0n) is 19.0. The molecule has 174 valence electrons. The van der Waals surface area contributed by atoms with Crippen molar-refractivity contribution in [2.75, 3.05) is 11.9 Å². The van der Waals surface area contributed by atoms with Gasteiger partial charge in [-0.05, 0) is 53.4 Å². The predicted octanol–water partition coefficient (Wildman–Crippen LogP) is 3.68. The Kier molecular flexibility index (Phi) is 6.72. The number of hydrogen-bond donors (Lipinski definition) is 3. The number of benzene rings is 3. The van der Waals surface area contributed by atoms with Crippen molar-refractivity contribution in [2.24, 2.45) is 0 Å². The van der Waals surface area contributed by atoms with E-state index in [1.54, 1.807) is 18.2 Å². The number of carbonyl (C=O) groups is 4. The minimum Gasteiger partial charge on any atom is -0.352 e. The maximum Gasteiger partial charge on any atom is 0.251 e. The van der Waals surface area contributed by atoms with Crippen LogP contribution in [0.25, 0.3) is 10.8 Å². The molecule has 1 fully saturated rings. The van der Waals surface area contributed by atoms with Crippen LogP contribution in [0.1, 0.15) is 48.5 Å². The fourth-order valence-corrected chi connectivity index (χ4v) is 4.38. The molecule has 0 aromatic heterocycles. The molecule has 4 amide bonds. The summed E-state index contributed by atoms with van der Waals surface area (Å²) in [6.07, 6.45) is 1.49. The number of hydrogen-bond acceptors (Lipinski definition) is 4. The normalized spacial score (nSPS) is 17.8. The van der Waals surface area contributed by atoms with Crippen LogP contribution in [-0.4, -0.2) is 30.2 Å². The smallest absolute Gasteiger partial charge is 0.251 e. The monoisotopic (exact) mass is 457 g/mol. The number of amides is 4. The first kappa shape index (κ1) is 23.2. The second kappa shape index (κ2) is 9.87. The Labute approximate surface area is 197 Å². The highest BCUT2D eigenvalue weighted by molar-refractivity contribution is 6.03. The van der Waals surface area contributed by atoms with Gasteiger partial charge in [0.2, 0.25) is 17.7 Å². The Morgan fingerprint density at radius 1 is 0.971 bits per heavy atom. The van der Waals surface area contributed by atoms with E-state index in [4.69, 9.17) is 0 Å². The van der Waals surface area contributed by atoms with Gasteiger partial charge in [0, 0.05) is 30.6 Å². The molecule has 1 aliphatic heterocycles. The zero-order valence-corrected chi connectivity index (χ0v) is 19.0. The highest BCUT2D eigenvalue weighted by atomic mass is 16.2. The summed E-state index contributed by atoms with van der Waals surface area (Å²) in [5, 5.41) is 10.1. The van der Waals surface area contributed by atoms with Gasteiger partial charge in [0.05, 0.1) is 5.41 Å². The van der Waals surface area contributed by atoms with Crippen molar-refractivity contribution in [3.63, 3.8) is 0 Å². The van der Waals surface area contributed by atoms with E-state index in [1.807, 2.05) is 55.5 Å². The largest absolute Gasteiger partial charge is 0.352 e. The van der Waals surface area contributed by atoms with E-state index in [-0.39, 0.29) is 36.6 Å². The summed E-state index contributed by atoms with van der Waals surface area (Å²) >= 11 is 0. The third-order valence-electron chi connectivity index (χ3n) is 6.44. The minimum absolute atomic E-state index is 0.129. The van der Waals surface area contributed by atoms with Gasteiger partial charge >= 0.3 is 0 Å². The number of carbonyl (C=O) groups excluding carboxylic acids is 4. The molecule has 0 saturated carbocycles. The molecular weight excluding hydrogens is 430 g/mol. The van der Waals surface area contributed by atoms with Crippen molar-refractivity contribution in [3.8, 4) is 0 Å². The molecule has 4 rings (SSSR count). The fraction of sp³-hybridized carbons (Fsp3) is 0.259. The van der Waals surface area contributed by atoms with Gasteiger partial charge in [0.25, 0.3) is 5.91 Å². The van der Waals surface area contributed by atoms with Gasteiger partial charge in [-0.1, -0.05) is 49.4 Å². The van der Waals surface area contributed by atoms with Crippen molar-refractivity contribution >= 4 is 40.1 Å². The molecule has 0 radical (unpaired) electrons. The molecule has 1 heterocycles. The number of imide groups is 1. The molecular formula is C27H27N3O4. The summed E-state index contributed by atoms with van der Waals surface area (Å²) in [6, 6.07) is 20.4. The quantitative estimate of drug-likeness (QED) is 0.471. The third kappa shape index (κ3) is 4.83. The zero-order chi connectivity index (χ0) is 24.1. The molecule has 3 aromatic rings. The number of rotatable bonds is 7. The van der Waals surface area contributed by atoms with Gasteiger partial charge in [0.15, 0.2) is 0 Å². The molecule has 3 aromatic carbocycles. The van der Waals surface area contributed by atoms with Crippen molar-refractivity contribution < 1.29 is 19.2 Å². The third-order valence-corrected chi connectivity index (χ3v) is 6.44. The fourth-order valence-electron chi connectivity index (χ4n) is 4.38. The van der Waals surface area contributed by atoms with Crippen LogP contribution in [0.3, 0.4) is 0 Å². The van der Waals surface area contributed by atoms with E-state index in [2.05, 4.69) is 16.0 Å². The lowest BCUT2D eigenvalue weighted by molar-refractivity contribution is -0.138. The lowest BCUT2D eigenvalue weighted by Gasteiger charge is -2.35. The van der Waals surface area contributed by atoms with Gasteiger partial charge in [-0.3, -0.25) is 24.5 Å². The summed E-state index contributed by atoms with van der Waals surface area (Å²) in [7, 11) is 0. The first-order valence-electron chi connectivity index (χ1n) is 11.4. The van der Waals surface area contributed by atoms with E-state index in [0.29, 0.717) is 30.5 Å². The lowest BCUT2D eigenvalue weighted by atomic mass is 9.72. The Balaban J connectivity index is 1.30. The Morgan fingerprint density at radius 3 is 2.41 bits per heavy atom. The van der Waals surface area contributed by atoms with E-state index < -0.39 is 5.41 Å². The Bertz CT molecular complexity index is 1250. The van der Waals surface area contributed by atoms with Crippen LogP contribution in [0.5, 0.6) is 0 Å². The molecule has 1 atom stereocenters. The van der Waals surface area contributed by atoms with E-state index in [9.17, 15) is 19.2 Å². The van der Waals surface area contributed by atoms with Crippen molar-refractivity contribution in [1.82, 2.24) is 10.6 Å². The topological polar surface area (TPSA) is 104 Å². The van der Waals surface area contributed by atoms with Crippen LogP contribution in [0.15, 0.2) is 66.7 Å². The first-order chi connectivity index (χ1) is 16.4. The minimum atomic E-state index is -0.733. The number of anilines is 1. The van der Waals surface area contributed by atoms with Crippen LogP contribution in [0.2, 0.25) is 0 Å². The van der Waals surface area contributed by atoms with Crippen LogP contribution < -0.4 is 16.0 Å². The summed E-state index contributed by atoms with van der Waals surface area (Å²) in [4.78, 5) is 48.8. The highest BCUT2D eigenvalue weighted by Gasteiger charge is 2.42. The number of piperidine rings is 1. The average Bonchev–Trinajstić information content (AvgIpc) is 2.84. The maximum atomic E-state index is 12.5. The number of nitrogens with one attached hydrogen (secondary N) is 3. The summed E-state index contributed by atoms with van der Waals surface area (Å²) in [5.41, 5.74) is 1.24. The van der Waals surface area contributed by atoms with Crippen LogP contribution in [0.4, 0.5) is 5.69 Å². The molecule has 3 N–H and O–H groups in total. The van der Waals surface area contributed by atoms with Gasteiger partial charge in [-0.25, -0.2) is 0 Å². The predicted molar refractivity (Wildman–Crippen MR) is 130 cm³/mol. The summed E-state index contributed by atoms with van der Waals surface area (Å²) < 4.78 is 0. The van der Waals surface area contributed by atoms with Crippen molar-refractivity contribution in [3.05, 3.63) is 77.9 Å². The van der Waals surface area contributed by atoms with Crippen LogP contribution in [-0.2, 0) is 19.8 Å². The maximum absolute atomic E-state index is 12.5. The van der Waals surface area contributed by atoms with E-state index >= 15 is 0 Å². The molecule has 1 aliphatic rings. The van der Waals surface area contributed by atoms with Crippen LogP contribution in [0, 0.1) is 0 Å².